The number of rotatable bonds is 2. The Morgan fingerprint density at radius 1 is 1.35 bits per heavy atom. The average Bonchev–Trinajstić information content (AvgIpc) is 3.00. The molecule has 1 aliphatic heterocycles. The Labute approximate surface area is 124 Å². The first-order valence-electron chi connectivity index (χ1n) is 7.62. The molecule has 110 valence electrons. The number of carbonyl (C=O) groups is 1. The monoisotopic (exact) mass is 293 g/mol. The molecule has 0 radical (unpaired) electrons. The molecule has 1 aromatic rings. The topological polar surface area (TPSA) is 45.2 Å². The van der Waals surface area contributed by atoms with Crippen molar-refractivity contribution in [1.82, 2.24) is 15.2 Å². The predicted molar refractivity (Wildman–Crippen MR) is 80.9 cm³/mol. The van der Waals surface area contributed by atoms with E-state index in [0.717, 1.165) is 23.2 Å². The summed E-state index contributed by atoms with van der Waals surface area (Å²) in [5, 5.41) is 4.06. The minimum atomic E-state index is 0.102. The number of nitrogens with one attached hydrogen (secondary N) is 1. The van der Waals surface area contributed by atoms with Crippen LogP contribution in [0.1, 0.15) is 47.7 Å². The molecule has 3 rings (SSSR count). The van der Waals surface area contributed by atoms with E-state index in [1.807, 2.05) is 6.92 Å². The molecular formula is C15H23N3OS. The van der Waals surface area contributed by atoms with Gasteiger partial charge in [0.25, 0.3) is 0 Å². The van der Waals surface area contributed by atoms with E-state index in [0.29, 0.717) is 12.6 Å². The highest BCUT2D eigenvalue weighted by atomic mass is 32.1. The highest BCUT2D eigenvalue weighted by Crippen LogP contribution is 2.36. The normalized spacial score (nSPS) is 25.6. The smallest absolute Gasteiger partial charge is 0.318 e. The van der Waals surface area contributed by atoms with Crippen molar-refractivity contribution in [3.05, 3.63) is 15.6 Å². The summed E-state index contributed by atoms with van der Waals surface area (Å²) >= 11 is 1.68. The molecule has 0 aromatic carbocycles. The first-order valence-corrected chi connectivity index (χ1v) is 8.44. The summed E-state index contributed by atoms with van der Waals surface area (Å²) in [5.41, 5.74) is 1.08. The number of aromatic nitrogens is 1. The Kier molecular flexibility index (Phi) is 3.96. The zero-order valence-electron chi connectivity index (χ0n) is 12.3. The molecule has 2 atom stereocenters. The molecule has 2 heterocycles. The zero-order valence-corrected chi connectivity index (χ0v) is 13.1. The maximum atomic E-state index is 12.4. The van der Waals surface area contributed by atoms with Gasteiger partial charge < -0.3 is 10.2 Å². The summed E-state index contributed by atoms with van der Waals surface area (Å²) in [6, 6.07) is 0.591. The molecule has 20 heavy (non-hydrogen) atoms. The Morgan fingerprint density at radius 3 is 2.90 bits per heavy atom. The van der Waals surface area contributed by atoms with E-state index in [2.05, 4.69) is 22.1 Å². The van der Waals surface area contributed by atoms with Crippen LogP contribution in [0, 0.1) is 19.8 Å². The maximum absolute atomic E-state index is 12.4. The third-order valence-electron chi connectivity index (χ3n) is 4.73. The van der Waals surface area contributed by atoms with Crippen molar-refractivity contribution in [1.29, 1.82) is 0 Å². The average molecular weight is 293 g/mol. The number of aryl methyl sites for hydroxylation is 2. The molecule has 4 nitrogen and oxygen atoms in total. The highest BCUT2D eigenvalue weighted by Gasteiger charge is 2.38. The van der Waals surface area contributed by atoms with Crippen molar-refractivity contribution >= 4 is 17.4 Å². The van der Waals surface area contributed by atoms with E-state index in [1.165, 1.54) is 37.0 Å². The lowest BCUT2D eigenvalue weighted by molar-refractivity contribution is 0.169. The molecule has 2 amide bonds. The van der Waals surface area contributed by atoms with E-state index in [1.54, 1.807) is 11.3 Å². The number of urea groups is 1. The molecule has 1 saturated heterocycles. The van der Waals surface area contributed by atoms with Gasteiger partial charge in [-0.25, -0.2) is 9.78 Å². The summed E-state index contributed by atoms with van der Waals surface area (Å²) < 4.78 is 0. The van der Waals surface area contributed by atoms with E-state index >= 15 is 0 Å². The Balaban J connectivity index is 1.56. The van der Waals surface area contributed by atoms with E-state index in [9.17, 15) is 4.79 Å². The van der Waals surface area contributed by atoms with Gasteiger partial charge in [0.05, 0.1) is 12.2 Å². The standard InChI is InChI=1S/C15H23N3OS/c1-10-11(2)20-14(17-10)9-16-15(19)18-8-7-12-5-3-4-6-13(12)18/h12-13H,3-9H2,1-2H3,(H,16,19). The lowest BCUT2D eigenvalue weighted by Gasteiger charge is -2.31. The Bertz CT molecular complexity index is 480. The summed E-state index contributed by atoms with van der Waals surface area (Å²) in [7, 11) is 0. The third kappa shape index (κ3) is 2.68. The van der Waals surface area contributed by atoms with Crippen molar-refractivity contribution in [2.24, 2.45) is 5.92 Å². The molecule has 2 unspecified atom stereocenters. The lowest BCUT2D eigenvalue weighted by Crippen LogP contribution is -2.44. The van der Waals surface area contributed by atoms with Gasteiger partial charge in [0.1, 0.15) is 5.01 Å². The molecule has 5 heteroatoms. The van der Waals surface area contributed by atoms with Crippen LogP contribution in [-0.4, -0.2) is 28.5 Å². The second-order valence-electron chi connectivity index (χ2n) is 6.00. The van der Waals surface area contributed by atoms with E-state index in [-0.39, 0.29) is 6.03 Å². The van der Waals surface area contributed by atoms with Gasteiger partial charge in [-0.2, -0.15) is 0 Å². The second-order valence-corrected chi connectivity index (χ2v) is 7.29. The van der Waals surface area contributed by atoms with Crippen LogP contribution in [0.3, 0.4) is 0 Å². The van der Waals surface area contributed by atoms with Gasteiger partial charge in [-0.1, -0.05) is 12.8 Å². The fourth-order valence-electron chi connectivity index (χ4n) is 3.53. The van der Waals surface area contributed by atoms with Crippen LogP contribution in [0.2, 0.25) is 0 Å². The molecule has 0 bridgehead atoms. The SMILES string of the molecule is Cc1nc(CNC(=O)N2CCC3CCCCC32)sc1C. The van der Waals surface area contributed by atoms with E-state index < -0.39 is 0 Å². The van der Waals surface area contributed by atoms with Gasteiger partial charge in [-0.15, -0.1) is 11.3 Å². The number of carbonyl (C=O) groups excluding carboxylic acids is 1. The van der Waals surface area contributed by atoms with Crippen molar-refractivity contribution in [2.75, 3.05) is 6.54 Å². The number of thiazole rings is 1. The third-order valence-corrected chi connectivity index (χ3v) is 5.81. The van der Waals surface area contributed by atoms with Crippen LogP contribution in [-0.2, 0) is 6.54 Å². The van der Waals surface area contributed by atoms with Crippen LogP contribution in [0.25, 0.3) is 0 Å². The van der Waals surface area contributed by atoms with Gasteiger partial charge in [0.15, 0.2) is 0 Å². The number of hydrogen-bond donors (Lipinski definition) is 1. The van der Waals surface area contributed by atoms with Gasteiger partial charge in [0, 0.05) is 17.5 Å². The second kappa shape index (κ2) is 5.72. The molecule has 2 fully saturated rings. The molecule has 2 aliphatic rings. The number of hydrogen-bond acceptors (Lipinski definition) is 3. The van der Waals surface area contributed by atoms with Crippen LogP contribution in [0.5, 0.6) is 0 Å². The van der Waals surface area contributed by atoms with Gasteiger partial charge in [-0.3, -0.25) is 0 Å². The predicted octanol–water partition coefficient (Wildman–Crippen LogP) is 3.23. The summed E-state index contributed by atoms with van der Waals surface area (Å²) in [6.45, 7) is 5.58. The molecule has 1 saturated carbocycles. The van der Waals surface area contributed by atoms with Gasteiger partial charge >= 0.3 is 6.03 Å². The first-order chi connectivity index (χ1) is 9.65. The number of likely N-dealkylation sites (tertiary alicyclic amines) is 1. The molecular weight excluding hydrogens is 270 g/mol. The largest absolute Gasteiger partial charge is 0.331 e. The molecule has 1 aromatic heterocycles. The fraction of sp³-hybridized carbons (Fsp3) is 0.733. The van der Waals surface area contributed by atoms with Gasteiger partial charge in [-0.05, 0) is 39.0 Å². The van der Waals surface area contributed by atoms with Crippen molar-refractivity contribution in [2.45, 2.75) is 58.5 Å². The molecule has 0 spiro atoms. The quantitative estimate of drug-likeness (QED) is 0.910. The van der Waals surface area contributed by atoms with Crippen LogP contribution >= 0.6 is 11.3 Å². The highest BCUT2D eigenvalue weighted by molar-refractivity contribution is 7.11. The fourth-order valence-corrected chi connectivity index (χ4v) is 4.40. The summed E-state index contributed by atoms with van der Waals surface area (Å²) in [6.07, 6.45) is 6.30. The van der Waals surface area contributed by atoms with Crippen molar-refractivity contribution in [3.63, 3.8) is 0 Å². The molecule has 1 N–H and O–H groups in total. The zero-order chi connectivity index (χ0) is 14.1. The Hall–Kier alpha value is -1.10. The van der Waals surface area contributed by atoms with Crippen molar-refractivity contribution < 1.29 is 4.79 Å². The lowest BCUT2D eigenvalue weighted by atomic mass is 9.85. The number of amides is 2. The van der Waals surface area contributed by atoms with Gasteiger partial charge in [0.2, 0.25) is 0 Å². The molecule has 1 aliphatic carbocycles. The minimum Gasteiger partial charge on any atom is -0.331 e. The number of nitrogens with zero attached hydrogens (tertiary/aromatic N) is 2. The number of fused-ring (bicyclic) bond motifs is 1. The Morgan fingerprint density at radius 2 is 2.15 bits per heavy atom. The van der Waals surface area contributed by atoms with Crippen LogP contribution < -0.4 is 5.32 Å². The summed E-state index contributed by atoms with van der Waals surface area (Å²) in [5.74, 6) is 0.749. The van der Waals surface area contributed by atoms with Crippen LogP contribution in [0.15, 0.2) is 0 Å². The minimum absolute atomic E-state index is 0.102. The van der Waals surface area contributed by atoms with E-state index in [4.69, 9.17) is 0 Å². The van der Waals surface area contributed by atoms with Crippen molar-refractivity contribution in [3.8, 4) is 0 Å². The summed E-state index contributed by atoms with van der Waals surface area (Å²) in [4.78, 5) is 20.1. The van der Waals surface area contributed by atoms with Crippen LogP contribution in [0.4, 0.5) is 4.79 Å². The first kappa shape index (κ1) is 13.9. The maximum Gasteiger partial charge on any atom is 0.318 e.